The Morgan fingerprint density at radius 2 is 1.20 bits per heavy atom. The van der Waals surface area contributed by atoms with E-state index in [4.69, 9.17) is 5.11 Å². The highest BCUT2D eigenvalue weighted by molar-refractivity contribution is 5.87. The smallest absolute Gasteiger partial charge is 0.330 e. The van der Waals surface area contributed by atoms with Crippen molar-refractivity contribution in [3.05, 3.63) is 82.9 Å². The quantitative estimate of drug-likeness (QED) is 0.668. The Morgan fingerprint density at radius 1 is 0.800 bits per heavy atom. The molecule has 0 saturated carbocycles. The normalized spacial score (nSPS) is 10.4. The van der Waals surface area contributed by atoms with Crippen LogP contribution in [0.4, 0.5) is 0 Å². The number of methoxy groups -OCH3 is 1. The summed E-state index contributed by atoms with van der Waals surface area (Å²) in [7, 11) is 1.36. The van der Waals surface area contributed by atoms with Crippen molar-refractivity contribution in [1.82, 2.24) is 0 Å². The minimum absolute atomic E-state index is 0.333. The van der Waals surface area contributed by atoms with Gasteiger partial charge in [0, 0.05) is 12.2 Å². The Morgan fingerprint density at radius 3 is 1.56 bits per heavy atom. The molecule has 4 heteroatoms. The first kappa shape index (κ1) is 19.9. The lowest BCUT2D eigenvalue weighted by atomic mass is 10.1. The molecule has 0 aliphatic carbocycles. The summed E-state index contributed by atoms with van der Waals surface area (Å²) in [6.07, 6.45) is 5.84. The SMILES string of the molecule is COC(=O)/C=C/c1ccc(C)cc1.Cc1ccc(/C=C/C(=O)O)cc1. The molecule has 1 N–H and O–H groups in total. The molecule has 0 spiro atoms. The molecule has 0 heterocycles. The van der Waals surface area contributed by atoms with Gasteiger partial charge in [0.2, 0.25) is 0 Å². The van der Waals surface area contributed by atoms with Gasteiger partial charge in [-0.15, -0.1) is 0 Å². The van der Waals surface area contributed by atoms with Gasteiger partial charge in [0.15, 0.2) is 0 Å². The molecule has 0 amide bonds. The number of hydrogen-bond donors (Lipinski definition) is 1. The highest BCUT2D eigenvalue weighted by atomic mass is 16.5. The van der Waals surface area contributed by atoms with Gasteiger partial charge in [-0.2, -0.15) is 0 Å². The highest BCUT2D eigenvalue weighted by Crippen LogP contribution is 2.05. The number of aryl methyl sites for hydroxylation is 2. The standard InChI is InChI=1S/C11H12O2.C10H10O2/c1-9-3-5-10(6-4-9)7-8-11(12)13-2;1-8-2-4-9(5-3-8)6-7-10(11)12/h3-8H,1-2H3;2-7H,1H3,(H,11,12)/b8-7+;7-6+. The lowest BCUT2D eigenvalue weighted by Crippen LogP contribution is -1.93. The Kier molecular flexibility index (Phi) is 8.44. The maximum absolute atomic E-state index is 10.7. The Balaban J connectivity index is 0.000000251. The Labute approximate surface area is 148 Å². The first-order valence-corrected chi connectivity index (χ1v) is 7.71. The van der Waals surface area contributed by atoms with Crippen LogP contribution >= 0.6 is 0 Å². The molecule has 0 aromatic heterocycles. The van der Waals surface area contributed by atoms with Crippen molar-refractivity contribution >= 4 is 24.1 Å². The first-order valence-electron chi connectivity index (χ1n) is 7.71. The maximum atomic E-state index is 10.7. The fourth-order valence-corrected chi connectivity index (χ4v) is 1.75. The average Bonchev–Trinajstić information content (AvgIpc) is 2.61. The predicted molar refractivity (Wildman–Crippen MR) is 100 cm³/mol. The molecular weight excluding hydrogens is 316 g/mol. The van der Waals surface area contributed by atoms with Crippen molar-refractivity contribution in [2.75, 3.05) is 7.11 Å². The molecule has 0 aliphatic rings. The van der Waals surface area contributed by atoms with Gasteiger partial charge in [-0.1, -0.05) is 59.7 Å². The number of carboxylic acids is 1. The number of carboxylic acid groups (broad SMARTS) is 1. The van der Waals surface area contributed by atoms with E-state index in [1.165, 1.54) is 24.3 Å². The molecule has 25 heavy (non-hydrogen) atoms. The molecule has 0 bridgehead atoms. The summed E-state index contributed by atoms with van der Waals surface area (Å²) in [5.74, 6) is -1.25. The first-order chi connectivity index (χ1) is 11.9. The number of hydrogen-bond acceptors (Lipinski definition) is 3. The molecule has 0 atom stereocenters. The number of benzene rings is 2. The van der Waals surface area contributed by atoms with Crippen LogP contribution in [0.15, 0.2) is 60.7 Å². The molecule has 0 saturated heterocycles. The monoisotopic (exact) mass is 338 g/mol. The van der Waals surface area contributed by atoms with Gasteiger partial charge in [0.05, 0.1) is 7.11 Å². The third kappa shape index (κ3) is 8.91. The Hall–Kier alpha value is -3.14. The van der Waals surface area contributed by atoms with E-state index in [9.17, 15) is 9.59 Å². The number of esters is 1. The maximum Gasteiger partial charge on any atom is 0.330 e. The summed E-state index contributed by atoms with van der Waals surface area (Å²) in [4.78, 5) is 20.9. The van der Waals surface area contributed by atoms with Crippen LogP contribution in [0, 0.1) is 13.8 Å². The molecule has 4 nitrogen and oxygen atoms in total. The summed E-state index contributed by atoms with van der Waals surface area (Å²) in [5, 5.41) is 8.34. The van der Waals surface area contributed by atoms with Gasteiger partial charge >= 0.3 is 11.9 Å². The van der Waals surface area contributed by atoms with E-state index in [-0.39, 0.29) is 5.97 Å². The second-order valence-corrected chi connectivity index (χ2v) is 5.35. The fourth-order valence-electron chi connectivity index (χ4n) is 1.75. The van der Waals surface area contributed by atoms with Crippen LogP contribution in [0.2, 0.25) is 0 Å². The molecule has 0 fully saturated rings. The molecule has 0 unspecified atom stereocenters. The van der Waals surface area contributed by atoms with Crippen LogP contribution in [-0.2, 0) is 14.3 Å². The third-order valence-corrected chi connectivity index (χ3v) is 3.19. The van der Waals surface area contributed by atoms with E-state index in [0.29, 0.717) is 0 Å². The molecule has 2 aromatic rings. The van der Waals surface area contributed by atoms with E-state index < -0.39 is 5.97 Å². The van der Waals surface area contributed by atoms with Gasteiger partial charge in [0.1, 0.15) is 0 Å². The van der Waals surface area contributed by atoms with Crippen molar-refractivity contribution in [3.63, 3.8) is 0 Å². The molecule has 0 aliphatic heterocycles. The summed E-state index contributed by atoms with van der Waals surface area (Å²) in [6.45, 7) is 4.01. The molecule has 2 aromatic carbocycles. The van der Waals surface area contributed by atoms with Crippen LogP contribution in [-0.4, -0.2) is 24.2 Å². The topological polar surface area (TPSA) is 63.6 Å². The van der Waals surface area contributed by atoms with E-state index in [0.717, 1.165) is 17.2 Å². The van der Waals surface area contributed by atoms with Gasteiger partial charge in [-0.05, 0) is 37.1 Å². The second kappa shape index (κ2) is 10.6. The Bertz CT molecular complexity index is 738. The van der Waals surface area contributed by atoms with Crippen LogP contribution in [0.5, 0.6) is 0 Å². The van der Waals surface area contributed by atoms with Gasteiger partial charge in [-0.3, -0.25) is 0 Å². The summed E-state index contributed by atoms with van der Waals surface area (Å²) < 4.78 is 4.47. The minimum atomic E-state index is -0.921. The number of aliphatic carboxylic acids is 1. The predicted octanol–water partition coefficient (Wildman–Crippen LogP) is 4.27. The minimum Gasteiger partial charge on any atom is -0.478 e. The average molecular weight is 338 g/mol. The number of carbonyl (C=O) groups is 2. The van der Waals surface area contributed by atoms with Crippen molar-refractivity contribution in [3.8, 4) is 0 Å². The van der Waals surface area contributed by atoms with Crippen LogP contribution in [0.25, 0.3) is 12.2 Å². The van der Waals surface area contributed by atoms with E-state index in [1.54, 1.807) is 12.2 Å². The molecule has 0 radical (unpaired) electrons. The molecule has 2 rings (SSSR count). The summed E-state index contributed by atoms with van der Waals surface area (Å²) in [5.41, 5.74) is 4.27. The zero-order valence-electron chi connectivity index (χ0n) is 14.6. The second-order valence-electron chi connectivity index (χ2n) is 5.35. The summed E-state index contributed by atoms with van der Waals surface area (Å²) >= 11 is 0. The van der Waals surface area contributed by atoms with E-state index >= 15 is 0 Å². The van der Waals surface area contributed by atoms with E-state index in [2.05, 4.69) is 4.74 Å². The van der Waals surface area contributed by atoms with Gasteiger partial charge in [0.25, 0.3) is 0 Å². The zero-order chi connectivity index (χ0) is 18.7. The largest absolute Gasteiger partial charge is 0.478 e. The summed E-state index contributed by atoms with van der Waals surface area (Å²) in [6, 6.07) is 15.6. The van der Waals surface area contributed by atoms with Crippen molar-refractivity contribution in [2.24, 2.45) is 0 Å². The molecular formula is C21H22O4. The number of carbonyl (C=O) groups excluding carboxylic acids is 1. The van der Waals surface area contributed by atoms with Crippen LogP contribution < -0.4 is 0 Å². The number of ether oxygens (including phenoxy) is 1. The van der Waals surface area contributed by atoms with Crippen LogP contribution in [0.3, 0.4) is 0 Å². The fraction of sp³-hybridized carbons (Fsp3) is 0.143. The highest BCUT2D eigenvalue weighted by Gasteiger charge is 1.91. The van der Waals surface area contributed by atoms with Crippen molar-refractivity contribution in [1.29, 1.82) is 0 Å². The lowest BCUT2D eigenvalue weighted by molar-refractivity contribution is -0.135. The van der Waals surface area contributed by atoms with E-state index in [1.807, 2.05) is 62.4 Å². The zero-order valence-corrected chi connectivity index (χ0v) is 14.6. The lowest BCUT2D eigenvalue weighted by Gasteiger charge is -1.94. The van der Waals surface area contributed by atoms with Crippen molar-refractivity contribution < 1.29 is 19.4 Å². The van der Waals surface area contributed by atoms with Crippen molar-refractivity contribution in [2.45, 2.75) is 13.8 Å². The van der Waals surface area contributed by atoms with Gasteiger partial charge < -0.3 is 9.84 Å². The van der Waals surface area contributed by atoms with Crippen LogP contribution in [0.1, 0.15) is 22.3 Å². The molecule has 130 valence electrons. The van der Waals surface area contributed by atoms with Gasteiger partial charge in [-0.25, -0.2) is 9.59 Å². The third-order valence-electron chi connectivity index (χ3n) is 3.19. The number of rotatable bonds is 4.